The van der Waals surface area contributed by atoms with Crippen molar-refractivity contribution in [3.63, 3.8) is 0 Å². The number of nitrogens with one attached hydrogen (secondary N) is 1. The van der Waals surface area contributed by atoms with Gasteiger partial charge in [0.25, 0.3) is 0 Å². The number of hydrogen-bond donors (Lipinski definition) is 9. The molecule has 14 heteroatoms. The van der Waals surface area contributed by atoms with Gasteiger partial charge in [-0.25, -0.2) is 0 Å². The molecular formula is C69H129NO13. The summed E-state index contributed by atoms with van der Waals surface area (Å²) in [5, 5.41) is 87.5. The summed E-state index contributed by atoms with van der Waals surface area (Å²) < 4.78 is 22.9. The second-order valence-electron chi connectivity index (χ2n) is 24.7. The molecular weight excluding hydrogens is 1050 g/mol. The molecule has 2 saturated heterocycles. The summed E-state index contributed by atoms with van der Waals surface area (Å²) in [4.78, 5) is 13.3. The van der Waals surface area contributed by atoms with Crippen LogP contribution in [0.4, 0.5) is 0 Å². The number of aliphatic hydroxyl groups excluding tert-OH is 8. The van der Waals surface area contributed by atoms with E-state index in [0.29, 0.717) is 12.8 Å². The minimum absolute atomic E-state index is 0.203. The SMILES string of the molecule is CCCCCCC/C=C\C/C=C\C/C=C\CCCCCCCCCCCCCCCCCCC(=O)NC(COC1OC(CO)C(OC2OC(CO)C(O)C(O)C2O)C(O)C1O)C(O)CCCCCCCCCCCCCCCCCCCC. The Morgan fingerprint density at radius 1 is 0.434 bits per heavy atom. The predicted octanol–water partition coefficient (Wildman–Crippen LogP) is 13.7. The maximum Gasteiger partial charge on any atom is 0.220 e. The van der Waals surface area contributed by atoms with E-state index in [-0.39, 0.29) is 12.5 Å². The fraction of sp³-hybridized carbons (Fsp3) is 0.899. The summed E-state index contributed by atoms with van der Waals surface area (Å²) in [5.41, 5.74) is 0. The van der Waals surface area contributed by atoms with Crippen LogP contribution in [0.15, 0.2) is 36.5 Å². The molecule has 0 spiro atoms. The summed E-state index contributed by atoms with van der Waals surface area (Å²) in [7, 11) is 0. The third-order valence-corrected chi connectivity index (χ3v) is 17.1. The highest BCUT2D eigenvalue weighted by Crippen LogP contribution is 2.30. The third-order valence-electron chi connectivity index (χ3n) is 17.1. The quantitative estimate of drug-likeness (QED) is 0.0204. The third kappa shape index (κ3) is 39.0. The van der Waals surface area contributed by atoms with Gasteiger partial charge in [0.15, 0.2) is 12.6 Å². The van der Waals surface area contributed by atoms with Crippen LogP contribution in [0.25, 0.3) is 0 Å². The number of aliphatic hydroxyl groups is 8. The van der Waals surface area contributed by atoms with Crippen LogP contribution in [0.2, 0.25) is 0 Å². The molecule has 0 aliphatic carbocycles. The van der Waals surface area contributed by atoms with Gasteiger partial charge in [-0.1, -0.05) is 281 Å². The number of hydrogen-bond acceptors (Lipinski definition) is 13. The molecule has 0 bridgehead atoms. The second kappa shape index (κ2) is 54.4. The lowest BCUT2D eigenvalue weighted by Crippen LogP contribution is -2.65. The van der Waals surface area contributed by atoms with Crippen molar-refractivity contribution in [1.82, 2.24) is 5.32 Å². The van der Waals surface area contributed by atoms with E-state index in [1.54, 1.807) is 0 Å². The van der Waals surface area contributed by atoms with Gasteiger partial charge >= 0.3 is 0 Å². The summed E-state index contributed by atoms with van der Waals surface area (Å²) in [6.45, 7) is 2.89. The van der Waals surface area contributed by atoms with Crippen LogP contribution in [0.5, 0.6) is 0 Å². The van der Waals surface area contributed by atoms with Gasteiger partial charge in [-0.2, -0.15) is 0 Å². The van der Waals surface area contributed by atoms with Gasteiger partial charge < -0.3 is 65.1 Å². The predicted molar refractivity (Wildman–Crippen MR) is 337 cm³/mol. The molecule has 2 aliphatic heterocycles. The highest BCUT2D eigenvalue weighted by molar-refractivity contribution is 5.76. The van der Waals surface area contributed by atoms with Crippen LogP contribution in [0.1, 0.15) is 303 Å². The van der Waals surface area contributed by atoms with Crippen molar-refractivity contribution >= 4 is 5.91 Å². The van der Waals surface area contributed by atoms with Crippen molar-refractivity contribution < 1.29 is 64.6 Å². The largest absolute Gasteiger partial charge is 0.394 e. The normalized spacial score (nSPS) is 24.0. The van der Waals surface area contributed by atoms with E-state index in [4.69, 9.17) is 18.9 Å². The van der Waals surface area contributed by atoms with Gasteiger partial charge in [0.1, 0.15) is 48.8 Å². The Kier molecular flexibility index (Phi) is 50.6. The van der Waals surface area contributed by atoms with E-state index < -0.39 is 86.8 Å². The minimum Gasteiger partial charge on any atom is -0.394 e. The Bertz CT molecular complexity index is 1530. The number of carbonyl (C=O) groups is 1. The molecule has 0 aromatic rings. The lowest BCUT2D eigenvalue weighted by atomic mass is 9.97. The van der Waals surface area contributed by atoms with Crippen molar-refractivity contribution in [2.75, 3.05) is 19.8 Å². The fourth-order valence-corrected chi connectivity index (χ4v) is 11.5. The second-order valence-corrected chi connectivity index (χ2v) is 24.7. The lowest BCUT2D eigenvalue weighted by Gasteiger charge is -2.46. The molecule has 0 aromatic heterocycles. The molecule has 0 radical (unpaired) electrons. The summed E-state index contributed by atoms with van der Waals surface area (Å²) in [6.07, 6.45) is 51.5. The first-order chi connectivity index (χ1) is 40.6. The number of allylic oxidation sites excluding steroid dienone is 6. The molecule has 2 aliphatic rings. The van der Waals surface area contributed by atoms with E-state index in [2.05, 4.69) is 55.6 Å². The standard InChI is InChI=1S/C69H129NO13/c1-3-5-7-9-11-13-15-17-19-21-23-24-25-26-27-28-29-30-31-32-33-34-35-37-39-41-43-45-47-49-51-53-61(74)70-57(58(73)52-50-48-46-44-42-40-38-36-22-20-18-16-14-12-10-8-6-4-2)56-80-68-66(79)64(77)67(60(55-72)82-68)83-69-65(78)63(76)62(75)59(54-71)81-69/h15,17,21,23,25-26,57-60,62-69,71-73,75-79H,3-14,16,18-20,22,24,27-56H2,1-2H3,(H,70,74)/b17-15-,23-21-,26-25-. The number of rotatable bonds is 57. The first-order valence-corrected chi connectivity index (χ1v) is 34.7. The van der Waals surface area contributed by atoms with Gasteiger partial charge in [0.2, 0.25) is 5.91 Å². The molecule has 0 aromatic carbocycles. The zero-order chi connectivity index (χ0) is 60.2. The molecule has 14 nitrogen and oxygen atoms in total. The van der Waals surface area contributed by atoms with Gasteiger partial charge in [0, 0.05) is 6.42 Å². The van der Waals surface area contributed by atoms with E-state index in [0.717, 1.165) is 64.2 Å². The highest BCUT2D eigenvalue weighted by Gasteiger charge is 2.51. The number of carbonyl (C=O) groups excluding carboxylic acids is 1. The van der Waals surface area contributed by atoms with Crippen molar-refractivity contribution in [2.24, 2.45) is 0 Å². The first-order valence-electron chi connectivity index (χ1n) is 34.7. The van der Waals surface area contributed by atoms with Gasteiger partial charge in [-0.05, 0) is 51.4 Å². The fourth-order valence-electron chi connectivity index (χ4n) is 11.5. The summed E-state index contributed by atoms with van der Waals surface area (Å²) in [6, 6.07) is -0.829. The average Bonchev–Trinajstić information content (AvgIpc) is 3.64. The van der Waals surface area contributed by atoms with Crippen molar-refractivity contribution in [3.8, 4) is 0 Å². The van der Waals surface area contributed by atoms with Crippen LogP contribution in [-0.2, 0) is 23.7 Å². The molecule has 2 heterocycles. The van der Waals surface area contributed by atoms with E-state index in [9.17, 15) is 45.6 Å². The Morgan fingerprint density at radius 3 is 1.22 bits per heavy atom. The molecule has 83 heavy (non-hydrogen) atoms. The van der Waals surface area contributed by atoms with Crippen LogP contribution in [0.3, 0.4) is 0 Å². The van der Waals surface area contributed by atoms with Crippen LogP contribution < -0.4 is 5.32 Å². The Hall–Kier alpha value is -1.79. The van der Waals surface area contributed by atoms with Gasteiger partial charge in [-0.15, -0.1) is 0 Å². The molecule has 9 N–H and O–H groups in total. The highest BCUT2D eigenvalue weighted by atomic mass is 16.7. The minimum atomic E-state index is -1.78. The number of ether oxygens (including phenoxy) is 4. The van der Waals surface area contributed by atoms with E-state index >= 15 is 0 Å². The Balaban J connectivity index is 1.65. The molecule has 1 amide bonds. The summed E-state index contributed by atoms with van der Waals surface area (Å²) in [5.74, 6) is -0.203. The van der Waals surface area contributed by atoms with Crippen LogP contribution >= 0.6 is 0 Å². The molecule has 2 rings (SSSR count). The van der Waals surface area contributed by atoms with Gasteiger partial charge in [0.05, 0.1) is 32.0 Å². The smallest absolute Gasteiger partial charge is 0.220 e. The van der Waals surface area contributed by atoms with E-state index in [1.165, 1.54) is 212 Å². The van der Waals surface area contributed by atoms with Crippen molar-refractivity contribution in [3.05, 3.63) is 36.5 Å². The maximum absolute atomic E-state index is 13.3. The van der Waals surface area contributed by atoms with Crippen molar-refractivity contribution in [1.29, 1.82) is 0 Å². The first kappa shape index (κ1) is 77.3. The molecule has 2 fully saturated rings. The molecule has 12 atom stereocenters. The van der Waals surface area contributed by atoms with Crippen LogP contribution in [0, 0.1) is 0 Å². The molecule has 488 valence electrons. The Morgan fingerprint density at radius 2 is 0.795 bits per heavy atom. The maximum atomic E-state index is 13.3. The summed E-state index contributed by atoms with van der Waals surface area (Å²) >= 11 is 0. The van der Waals surface area contributed by atoms with Crippen molar-refractivity contribution in [2.45, 2.75) is 376 Å². The zero-order valence-corrected chi connectivity index (χ0v) is 53.0. The van der Waals surface area contributed by atoms with Crippen LogP contribution in [-0.4, -0.2) is 140 Å². The van der Waals surface area contributed by atoms with Gasteiger partial charge in [-0.3, -0.25) is 4.79 Å². The number of amides is 1. The average molecular weight is 1180 g/mol. The Labute approximate surface area is 506 Å². The monoisotopic (exact) mass is 1180 g/mol. The molecule has 12 unspecified atom stereocenters. The molecule has 0 saturated carbocycles. The lowest BCUT2D eigenvalue weighted by molar-refractivity contribution is -0.359. The number of unbranched alkanes of at least 4 members (excludes halogenated alkanes) is 38. The zero-order valence-electron chi connectivity index (χ0n) is 53.0. The topological polar surface area (TPSA) is 228 Å². The van der Waals surface area contributed by atoms with E-state index in [1.807, 2.05) is 0 Å².